The molecular weight excluding hydrogens is 507 g/mol. The zero-order valence-electron chi connectivity index (χ0n) is 19.6. The predicted molar refractivity (Wildman–Crippen MR) is 142 cm³/mol. The number of ether oxygens (including phenoxy) is 1. The van der Waals surface area contributed by atoms with Crippen molar-refractivity contribution >= 4 is 44.8 Å². The van der Waals surface area contributed by atoms with Crippen LogP contribution in [0.5, 0.6) is 5.75 Å². The summed E-state index contributed by atoms with van der Waals surface area (Å²) in [6.07, 6.45) is 3.26. The van der Waals surface area contributed by atoms with E-state index < -0.39 is 10.0 Å². The molecule has 0 atom stereocenters. The first-order chi connectivity index (χ1) is 16.7. The number of hydrogen-bond donors (Lipinski definition) is 1. The van der Waals surface area contributed by atoms with Crippen LogP contribution in [0.2, 0.25) is 10.0 Å². The fraction of sp³-hybridized carbons (Fsp3) is 0.269. The van der Waals surface area contributed by atoms with Crippen molar-refractivity contribution in [2.45, 2.75) is 26.3 Å². The van der Waals surface area contributed by atoms with Gasteiger partial charge >= 0.3 is 0 Å². The second-order valence-corrected chi connectivity index (χ2v) is 10.8. The van der Waals surface area contributed by atoms with Gasteiger partial charge in [0.2, 0.25) is 10.0 Å². The van der Waals surface area contributed by atoms with Crippen molar-refractivity contribution in [2.24, 2.45) is 0 Å². The first-order valence-corrected chi connectivity index (χ1v) is 13.8. The van der Waals surface area contributed by atoms with Gasteiger partial charge in [0.15, 0.2) is 0 Å². The molecule has 0 heterocycles. The lowest BCUT2D eigenvalue weighted by atomic mass is 10.1. The van der Waals surface area contributed by atoms with E-state index >= 15 is 0 Å². The Kier molecular flexibility index (Phi) is 9.43. The normalized spacial score (nSPS) is 11.2. The summed E-state index contributed by atoms with van der Waals surface area (Å²) in [6, 6.07) is 19.4. The van der Waals surface area contributed by atoms with Crippen molar-refractivity contribution in [1.29, 1.82) is 0 Å². The first-order valence-electron chi connectivity index (χ1n) is 11.2. The number of halogens is 2. The SMILES string of the molecule is CCCc1ccc(OCCNC(=O)c2ccc(CN(c3ccc(Cl)c(Cl)c3)S(C)(=O)=O)cc2)cc1. The molecule has 3 aromatic carbocycles. The number of sulfonamides is 1. The maximum Gasteiger partial charge on any atom is 0.251 e. The summed E-state index contributed by atoms with van der Waals surface area (Å²) in [5, 5.41) is 3.43. The van der Waals surface area contributed by atoms with Gasteiger partial charge in [-0.25, -0.2) is 8.42 Å². The van der Waals surface area contributed by atoms with Crippen molar-refractivity contribution < 1.29 is 17.9 Å². The van der Waals surface area contributed by atoms with Gasteiger partial charge in [-0.3, -0.25) is 9.10 Å². The number of benzene rings is 3. The van der Waals surface area contributed by atoms with E-state index in [2.05, 4.69) is 12.2 Å². The maximum atomic E-state index is 12.5. The van der Waals surface area contributed by atoms with Crippen LogP contribution >= 0.6 is 23.2 Å². The number of carbonyl (C=O) groups excluding carboxylic acids is 1. The van der Waals surface area contributed by atoms with Gasteiger partial charge in [-0.05, 0) is 60.0 Å². The number of hydrogen-bond acceptors (Lipinski definition) is 4. The average molecular weight is 535 g/mol. The molecule has 0 saturated heterocycles. The van der Waals surface area contributed by atoms with Crippen LogP contribution in [-0.2, 0) is 23.0 Å². The highest BCUT2D eigenvalue weighted by Crippen LogP contribution is 2.29. The Bertz CT molecular complexity index is 1250. The Hall–Kier alpha value is -2.74. The molecule has 186 valence electrons. The third kappa shape index (κ3) is 7.88. The molecule has 35 heavy (non-hydrogen) atoms. The summed E-state index contributed by atoms with van der Waals surface area (Å²) < 4.78 is 31.7. The van der Waals surface area contributed by atoms with Gasteiger partial charge in [-0.1, -0.05) is 60.8 Å². The Morgan fingerprint density at radius 3 is 2.20 bits per heavy atom. The van der Waals surface area contributed by atoms with Crippen LogP contribution in [0.15, 0.2) is 66.7 Å². The van der Waals surface area contributed by atoms with Gasteiger partial charge in [-0.15, -0.1) is 0 Å². The van der Waals surface area contributed by atoms with Crippen LogP contribution in [0, 0.1) is 0 Å². The predicted octanol–water partition coefficient (Wildman–Crippen LogP) is 5.72. The van der Waals surface area contributed by atoms with Crippen LogP contribution in [0.4, 0.5) is 5.69 Å². The van der Waals surface area contributed by atoms with Gasteiger partial charge in [0.25, 0.3) is 5.91 Å². The van der Waals surface area contributed by atoms with Gasteiger partial charge in [0, 0.05) is 5.56 Å². The van der Waals surface area contributed by atoms with Crippen molar-refractivity contribution in [2.75, 3.05) is 23.7 Å². The van der Waals surface area contributed by atoms with Gasteiger partial charge in [-0.2, -0.15) is 0 Å². The van der Waals surface area contributed by atoms with Crippen molar-refractivity contribution in [1.82, 2.24) is 5.32 Å². The molecule has 0 aliphatic heterocycles. The largest absolute Gasteiger partial charge is 0.492 e. The minimum Gasteiger partial charge on any atom is -0.492 e. The summed E-state index contributed by atoms with van der Waals surface area (Å²) >= 11 is 12.0. The van der Waals surface area contributed by atoms with E-state index in [1.165, 1.54) is 15.9 Å². The van der Waals surface area contributed by atoms with E-state index in [-0.39, 0.29) is 17.5 Å². The molecule has 1 N–H and O–H groups in total. The Balaban J connectivity index is 1.55. The van der Waals surface area contributed by atoms with Crippen LogP contribution in [0.3, 0.4) is 0 Å². The highest BCUT2D eigenvalue weighted by molar-refractivity contribution is 7.92. The molecule has 3 rings (SSSR count). The molecule has 1 amide bonds. The molecular formula is C26H28Cl2N2O4S. The van der Waals surface area contributed by atoms with Gasteiger partial charge in [0.05, 0.1) is 35.1 Å². The minimum atomic E-state index is -3.58. The summed E-state index contributed by atoms with van der Waals surface area (Å²) in [4.78, 5) is 12.5. The fourth-order valence-corrected chi connectivity index (χ4v) is 4.62. The number of nitrogens with zero attached hydrogens (tertiary/aromatic N) is 1. The summed E-state index contributed by atoms with van der Waals surface area (Å²) in [6.45, 7) is 2.94. The van der Waals surface area contributed by atoms with E-state index in [0.717, 1.165) is 24.8 Å². The molecule has 0 aliphatic carbocycles. The number of rotatable bonds is 11. The number of aryl methyl sites for hydroxylation is 1. The average Bonchev–Trinajstić information content (AvgIpc) is 2.83. The summed E-state index contributed by atoms with van der Waals surface area (Å²) in [5.74, 6) is 0.531. The molecule has 3 aromatic rings. The standard InChI is InChI=1S/C26H28Cl2N2O4S/c1-3-4-19-7-12-23(13-8-19)34-16-15-29-26(31)21-9-5-20(6-10-21)18-30(35(2,32)33)22-11-14-24(27)25(28)17-22/h5-14,17H,3-4,15-16,18H2,1-2H3,(H,29,31). The third-order valence-corrected chi connectivity index (χ3v) is 7.13. The highest BCUT2D eigenvalue weighted by Gasteiger charge is 2.19. The Morgan fingerprint density at radius 1 is 0.943 bits per heavy atom. The lowest BCUT2D eigenvalue weighted by Crippen LogP contribution is -2.29. The Labute approximate surface area is 216 Å². The maximum absolute atomic E-state index is 12.5. The van der Waals surface area contributed by atoms with E-state index in [4.69, 9.17) is 27.9 Å². The summed E-state index contributed by atoms with van der Waals surface area (Å²) in [5.41, 5.74) is 2.86. The van der Waals surface area contributed by atoms with Gasteiger partial charge in [0.1, 0.15) is 12.4 Å². The summed E-state index contributed by atoms with van der Waals surface area (Å²) in [7, 11) is -3.58. The Morgan fingerprint density at radius 2 is 1.60 bits per heavy atom. The van der Waals surface area contributed by atoms with Crippen LogP contribution < -0.4 is 14.4 Å². The highest BCUT2D eigenvalue weighted by atomic mass is 35.5. The molecule has 0 spiro atoms. The molecule has 6 nitrogen and oxygen atoms in total. The molecule has 0 aromatic heterocycles. The van der Waals surface area contributed by atoms with Crippen molar-refractivity contribution in [3.63, 3.8) is 0 Å². The quantitative estimate of drug-likeness (QED) is 0.319. The van der Waals surface area contributed by atoms with E-state index in [1.807, 2.05) is 24.3 Å². The van der Waals surface area contributed by atoms with E-state index in [1.54, 1.807) is 36.4 Å². The molecule has 0 radical (unpaired) electrons. The van der Waals surface area contributed by atoms with Gasteiger partial charge < -0.3 is 10.1 Å². The van der Waals surface area contributed by atoms with Crippen LogP contribution in [-0.4, -0.2) is 33.7 Å². The smallest absolute Gasteiger partial charge is 0.251 e. The van der Waals surface area contributed by atoms with E-state index in [0.29, 0.717) is 35.0 Å². The lowest BCUT2D eigenvalue weighted by molar-refractivity contribution is 0.0947. The second kappa shape index (κ2) is 12.3. The number of nitrogens with one attached hydrogen (secondary N) is 1. The molecule has 0 saturated carbocycles. The molecule has 0 fully saturated rings. The second-order valence-electron chi connectivity index (χ2n) is 8.06. The lowest BCUT2D eigenvalue weighted by Gasteiger charge is -2.23. The first kappa shape index (κ1) is 26.9. The minimum absolute atomic E-state index is 0.0869. The fourth-order valence-electron chi connectivity index (χ4n) is 3.44. The molecule has 0 bridgehead atoms. The van der Waals surface area contributed by atoms with Crippen LogP contribution in [0.25, 0.3) is 0 Å². The zero-order valence-corrected chi connectivity index (χ0v) is 22.0. The van der Waals surface area contributed by atoms with E-state index in [9.17, 15) is 13.2 Å². The molecule has 0 unspecified atom stereocenters. The molecule has 0 aliphatic rings. The zero-order chi connectivity index (χ0) is 25.4. The van der Waals surface area contributed by atoms with Crippen molar-refractivity contribution in [3.8, 4) is 5.75 Å². The number of anilines is 1. The monoisotopic (exact) mass is 534 g/mol. The van der Waals surface area contributed by atoms with Crippen molar-refractivity contribution in [3.05, 3.63) is 93.5 Å². The number of carbonyl (C=O) groups is 1. The number of amides is 1. The third-order valence-electron chi connectivity index (χ3n) is 5.25. The molecule has 9 heteroatoms. The topological polar surface area (TPSA) is 75.7 Å². The van der Waals surface area contributed by atoms with Crippen LogP contribution in [0.1, 0.15) is 34.8 Å².